The minimum Gasteiger partial charge on any atom is -0.338 e. The first-order chi connectivity index (χ1) is 9.17. The Kier molecular flexibility index (Phi) is 3.02. The topological polar surface area (TPSA) is 52.5 Å². The van der Waals surface area contributed by atoms with Gasteiger partial charge in [0.2, 0.25) is 0 Å². The zero-order valence-corrected chi connectivity index (χ0v) is 12.0. The van der Waals surface area contributed by atoms with E-state index in [9.17, 15) is 0 Å². The van der Waals surface area contributed by atoms with Gasteiger partial charge in [0, 0.05) is 15.1 Å². The Bertz CT molecular complexity index is 797. The summed E-state index contributed by atoms with van der Waals surface area (Å²) in [5.74, 6) is 0.695. The van der Waals surface area contributed by atoms with Gasteiger partial charge in [-0.05, 0) is 30.3 Å². The molecule has 0 saturated heterocycles. The van der Waals surface area contributed by atoms with Crippen molar-refractivity contribution in [2.45, 2.75) is 0 Å². The Labute approximate surface area is 123 Å². The first-order valence-electron chi connectivity index (χ1n) is 5.52. The number of nitrogens with one attached hydrogen (secondary N) is 1. The van der Waals surface area contributed by atoms with Gasteiger partial charge >= 0.3 is 0 Å². The van der Waals surface area contributed by atoms with Gasteiger partial charge in [-0.2, -0.15) is 5.26 Å². The summed E-state index contributed by atoms with van der Waals surface area (Å²) in [7, 11) is 0. The van der Waals surface area contributed by atoms with Crippen molar-refractivity contribution in [2.24, 2.45) is 0 Å². The van der Waals surface area contributed by atoms with E-state index in [-0.39, 0.29) is 0 Å². The van der Waals surface area contributed by atoms with E-state index < -0.39 is 0 Å². The largest absolute Gasteiger partial charge is 0.338 e. The number of nitrogens with zero attached hydrogens (tertiary/aromatic N) is 2. The molecule has 3 nitrogen and oxygen atoms in total. The number of nitriles is 1. The minimum atomic E-state index is 0.557. The van der Waals surface area contributed by atoms with E-state index in [1.807, 2.05) is 30.3 Å². The summed E-state index contributed by atoms with van der Waals surface area (Å²) >= 11 is 9.44. The fraction of sp³-hybridized carbons (Fsp3) is 0. The van der Waals surface area contributed by atoms with Gasteiger partial charge < -0.3 is 4.98 Å². The maximum Gasteiger partial charge on any atom is 0.138 e. The Morgan fingerprint density at radius 2 is 2.11 bits per heavy atom. The lowest BCUT2D eigenvalue weighted by Gasteiger charge is -1.99. The molecule has 1 N–H and O–H groups in total. The maximum atomic E-state index is 9.07. The van der Waals surface area contributed by atoms with Gasteiger partial charge in [0.1, 0.15) is 17.4 Å². The van der Waals surface area contributed by atoms with Gasteiger partial charge in [0.15, 0.2) is 0 Å². The van der Waals surface area contributed by atoms with E-state index in [4.69, 9.17) is 16.9 Å². The van der Waals surface area contributed by atoms with Crippen LogP contribution in [0.1, 0.15) is 5.56 Å². The number of hydrogen-bond donors (Lipinski definition) is 1. The Hall–Kier alpha value is -1.83. The van der Waals surface area contributed by atoms with Crippen molar-refractivity contribution in [1.29, 1.82) is 5.26 Å². The molecule has 0 bridgehead atoms. The lowest BCUT2D eigenvalue weighted by atomic mass is 10.2. The summed E-state index contributed by atoms with van der Waals surface area (Å²) in [6.45, 7) is 0. The second-order valence-corrected chi connectivity index (χ2v) is 5.41. The number of para-hydroxylation sites is 1. The minimum absolute atomic E-state index is 0.557. The van der Waals surface area contributed by atoms with Crippen molar-refractivity contribution in [3.05, 3.63) is 51.5 Å². The quantitative estimate of drug-likeness (QED) is 0.712. The van der Waals surface area contributed by atoms with Crippen molar-refractivity contribution in [1.82, 2.24) is 9.97 Å². The lowest BCUT2D eigenvalue weighted by molar-refractivity contribution is 1.33. The molecule has 1 heterocycles. The van der Waals surface area contributed by atoms with Crippen molar-refractivity contribution in [3.63, 3.8) is 0 Å². The molecular weight excluding hydrogens is 326 g/mol. The Morgan fingerprint density at radius 1 is 1.26 bits per heavy atom. The van der Waals surface area contributed by atoms with Crippen LogP contribution >= 0.6 is 27.5 Å². The third kappa shape index (κ3) is 2.23. The van der Waals surface area contributed by atoms with Crippen LogP contribution in [0.5, 0.6) is 0 Å². The molecule has 0 amide bonds. The van der Waals surface area contributed by atoms with Crippen LogP contribution < -0.4 is 0 Å². The second-order valence-electron chi connectivity index (χ2n) is 4.06. The Morgan fingerprint density at radius 3 is 2.84 bits per heavy atom. The van der Waals surface area contributed by atoms with Gasteiger partial charge in [0.25, 0.3) is 0 Å². The summed E-state index contributed by atoms with van der Waals surface area (Å²) in [6.07, 6.45) is 0. The van der Waals surface area contributed by atoms with Crippen LogP contribution in [0.25, 0.3) is 22.4 Å². The highest BCUT2D eigenvalue weighted by atomic mass is 79.9. The summed E-state index contributed by atoms with van der Waals surface area (Å²) in [5, 5.41) is 9.70. The number of H-pyrrole nitrogens is 1. The molecule has 92 valence electrons. The number of halogens is 2. The highest BCUT2D eigenvalue weighted by Gasteiger charge is 2.09. The zero-order chi connectivity index (χ0) is 13.4. The first kappa shape index (κ1) is 12.2. The molecule has 0 unspecified atom stereocenters. The van der Waals surface area contributed by atoms with Gasteiger partial charge in [-0.1, -0.05) is 33.6 Å². The molecule has 0 fully saturated rings. The van der Waals surface area contributed by atoms with Gasteiger partial charge in [-0.3, -0.25) is 0 Å². The van der Waals surface area contributed by atoms with Crippen LogP contribution in [0.15, 0.2) is 40.9 Å². The normalized spacial score (nSPS) is 10.6. The van der Waals surface area contributed by atoms with Gasteiger partial charge in [0.05, 0.1) is 11.1 Å². The first-order valence-corrected chi connectivity index (χ1v) is 6.70. The van der Waals surface area contributed by atoms with Crippen LogP contribution in [0.3, 0.4) is 0 Å². The van der Waals surface area contributed by atoms with Gasteiger partial charge in [-0.15, -0.1) is 0 Å². The van der Waals surface area contributed by atoms with Crippen LogP contribution in [-0.2, 0) is 0 Å². The van der Waals surface area contributed by atoms with E-state index in [1.54, 1.807) is 6.07 Å². The summed E-state index contributed by atoms with van der Waals surface area (Å²) in [5.41, 5.74) is 2.95. The molecule has 3 rings (SSSR count). The maximum absolute atomic E-state index is 9.07. The summed E-state index contributed by atoms with van der Waals surface area (Å²) in [6, 6.07) is 13.2. The number of aromatic nitrogens is 2. The number of imidazole rings is 1. The second kappa shape index (κ2) is 4.69. The zero-order valence-electron chi connectivity index (χ0n) is 9.61. The molecule has 3 aromatic rings. The smallest absolute Gasteiger partial charge is 0.138 e. The van der Waals surface area contributed by atoms with E-state index in [0.717, 1.165) is 15.6 Å². The molecule has 0 aliphatic carbocycles. The molecule has 19 heavy (non-hydrogen) atoms. The van der Waals surface area contributed by atoms with Crippen LogP contribution in [-0.4, -0.2) is 9.97 Å². The predicted octanol–water partition coefficient (Wildman–Crippen LogP) is 4.52. The van der Waals surface area contributed by atoms with E-state index >= 15 is 0 Å². The third-order valence-electron chi connectivity index (χ3n) is 2.77. The number of rotatable bonds is 1. The average Bonchev–Trinajstić information content (AvgIpc) is 2.81. The molecule has 1 aromatic heterocycles. The lowest BCUT2D eigenvalue weighted by Crippen LogP contribution is -1.81. The molecule has 0 saturated carbocycles. The monoisotopic (exact) mass is 331 g/mol. The molecule has 0 atom stereocenters. The van der Waals surface area contributed by atoms with Crippen molar-refractivity contribution < 1.29 is 0 Å². The molecule has 0 aliphatic heterocycles. The predicted molar refractivity (Wildman–Crippen MR) is 79.0 cm³/mol. The molecular formula is C14H7BrClN3. The summed E-state index contributed by atoms with van der Waals surface area (Å²) < 4.78 is 0.885. The van der Waals surface area contributed by atoms with Crippen LogP contribution in [0.4, 0.5) is 0 Å². The SMILES string of the molecule is N#Cc1cccc2[nH]c(-c3cc(Cl)cc(Br)c3)nc12. The average molecular weight is 333 g/mol. The molecule has 0 aliphatic rings. The molecule has 5 heteroatoms. The third-order valence-corrected chi connectivity index (χ3v) is 3.45. The van der Waals surface area contributed by atoms with Crippen LogP contribution in [0, 0.1) is 11.3 Å². The summed E-state index contributed by atoms with van der Waals surface area (Å²) in [4.78, 5) is 7.68. The highest BCUT2D eigenvalue weighted by Crippen LogP contribution is 2.28. The number of benzene rings is 2. The van der Waals surface area contributed by atoms with Crippen LogP contribution in [0.2, 0.25) is 5.02 Å². The van der Waals surface area contributed by atoms with E-state index in [1.165, 1.54) is 0 Å². The van der Waals surface area contributed by atoms with E-state index in [2.05, 4.69) is 32.0 Å². The molecule has 0 radical (unpaired) electrons. The number of fused-ring (bicyclic) bond motifs is 1. The Balaban J connectivity index is 2.24. The standard InChI is InChI=1S/C14H7BrClN3/c15-10-4-9(5-11(16)6-10)14-18-12-3-1-2-8(7-17)13(12)19-14/h1-6H,(H,18,19). The fourth-order valence-corrected chi connectivity index (χ4v) is 2.81. The highest BCUT2D eigenvalue weighted by molar-refractivity contribution is 9.10. The molecule has 2 aromatic carbocycles. The number of aromatic amines is 1. The van der Waals surface area contributed by atoms with Crippen molar-refractivity contribution in [3.8, 4) is 17.5 Å². The molecule has 0 spiro atoms. The fourth-order valence-electron chi connectivity index (χ4n) is 1.95. The van der Waals surface area contributed by atoms with Crippen molar-refractivity contribution in [2.75, 3.05) is 0 Å². The van der Waals surface area contributed by atoms with Crippen molar-refractivity contribution >= 4 is 38.6 Å². The van der Waals surface area contributed by atoms with Gasteiger partial charge in [-0.25, -0.2) is 4.98 Å². The number of hydrogen-bond acceptors (Lipinski definition) is 2. The van der Waals surface area contributed by atoms with E-state index in [0.29, 0.717) is 21.9 Å².